The molecule has 7 heteroatoms. The standard InChI is InChI=1S/C22H18F2N2O3/c1-28-21-9-5-16(24)13-18(21)14-2-8-20-19(12-14)25-22(27)26(20)10-11-29-17-6-3-15(23)4-7-17/h2-9,12-13H,10-11H2,1H3,(H,25,27). The summed E-state index contributed by atoms with van der Waals surface area (Å²) in [5, 5.41) is 0. The molecule has 0 saturated heterocycles. The number of rotatable bonds is 6. The highest BCUT2D eigenvalue weighted by Gasteiger charge is 2.12. The van der Waals surface area contributed by atoms with Crippen molar-refractivity contribution in [3.05, 3.63) is 82.8 Å². The first-order valence-electron chi connectivity index (χ1n) is 9.00. The van der Waals surface area contributed by atoms with Gasteiger partial charge in [0.2, 0.25) is 0 Å². The van der Waals surface area contributed by atoms with Crippen molar-refractivity contribution in [1.82, 2.24) is 9.55 Å². The third-order valence-electron chi connectivity index (χ3n) is 4.64. The number of imidazole rings is 1. The monoisotopic (exact) mass is 396 g/mol. The van der Waals surface area contributed by atoms with Crippen LogP contribution in [0.2, 0.25) is 0 Å². The van der Waals surface area contributed by atoms with Crippen molar-refractivity contribution in [3.63, 3.8) is 0 Å². The van der Waals surface area contributed by atoms with Gasteiger partial charge in [-0.25, -0.2) is 13.6 Å². The first-order chi connectivity index (χ1) is 14.0. The van der Waals surface area contributed by atoms with E-state index in [4.69, 9.17) is 9.47 Å². The van der Waals surface area contributed by atoms with Crippen LogP contribution in [-0.2, 0) is 6.54 Å². The van der Waals surface area contributed by atoms with Gasteiger partial charge in [-0.3, -0.25) is 4.57 Å². The highest BCUT2D eigenvalue weighted by Crippen LogP contribution is 2.32. The molecule has 4 aromatic rings. The van der Waals surface area contributed by atoms with Gasteiger partial charge in [-0.15, -0.1) is 0 Å². The minimum Gasteiger partial charge on any atom is -0.496 e. The van der Waals surface area contributed by atoms with Crippen molar-refractivity contribution in [2.75, 3.05) is 13.7 Å². The number of nitrogens with zero attached hydrogens (tertiary/aromatic N) is 1. The first kappa shape index (κ1) is 18.7. The van der Waals surface area contributed by atoms with E-state index in [1.54, 1.807) is 22.8 Å². The Morgan fingerprint density at radius 3 is 2.48 bits per heavy atom. The molecule has 4 rings (SSSR count). The summed E-state index contributed by atoms with van der Waals surface area (Å²) in [5.41, 5.74) is 2.39. The summed E-state index contributed by atoms with van der Waals surface area (Å²) in [6.07, 6.45) is 0. The lowest BCUT2D eigenvalue weighted by atomic mass is 10.0. The van der Waals surface area contributed by atoms with Gasteiger partial charge in [0.05, 0.1) is 24.7 Å². The van der Waals surface area contributed by atoms with E-state index in [1.165, 1.54) is 43.5 Å². The third kappa shape index (κ3) is 3.85. The molecule has 0 bridgehead atoms. The molecule has 0 atom stereocenters. The quantitative estimate of drug-likeness (QED) is 0.527. The second-order valence-electron chi connectivity index (χ2n) is 6.46. The van der Waals surface area contributed by atoms with Gasteiger partial charge in [-0.2, -0.15) is 0 Å². The molecule has 0 radical (unpaired) electrons. The van der Waals surface area contributed by atoms with E-state index in [1.807, 2.05) is 6.07 Å². The van der Waals surface area contributed by atoms with Crippen LogP contribution in [0.5, 0.6) is 11.5 Å². The molecule has 0 aliphatic heterocycles. The van der Waals surface area contributed by atoms with E-state index < -0.39 is 0 Å². The molecule has 1 aromatic heterocycles. The number of hydrogen-bond donors (Lipinski definition) is 1. The average molecular weight is 396 g/mol. The number of aromatic amines is 1. The summed E-state index contributed by atoms with van der Waals surface area (Å²) in [6.45, 7) is 0.566. The molecule has 3 aromatic carbocycles. The zero-order valence-corrected chi connectivity index (χ0v) is 15.6. The number of aromatic nitrogens is 2. The maximum atomic E-state index is 13.7. The van der Waals surface area contributed by atoms with Crippen LogP contribution in [0.4, 0.5) is 8.78 Å². The number of nitrogens with one attached hydrogen (secondary N) is 1. The van der Waals surface area contributed by atoms with Crippen molar-refractivity contribution >= 4 is 11.0 Å². The van der Waals surface area contributed by atoms with E-state index in [0.717, 1.165) is 5.56 Å². The zero-order valence-electron chi connectivity index (χ0n) is 15.6. The second-order valence-corrected chi connectivity index (χ2v) is 6.46. The lowest BCUT2D eigenvalue weighted by Crippen LogP contribution is -2.20. The van der Waals surface area contributed by atoms with E-state index >= 15 is 0 Å². The molecule has 0 unspecified atom stereocenters. The number of H-pyrrole nitrogens is 1. The number of ether oxygens (including phenoxy) is 2. The Morgan fingerprint density at radius 2 is 1.72 bits per heavy atom. The van der Waals surface area contributed by atoms with Gasteiger partial charge in [-0.05, 0) is 60.2 Å². The van der Waals surface area contributed by atoms with Crippen LogP contribution in [-0.4, -0.2) is 23.3 Å². The van der Waals surface area contributed by atoms with Crippen LogP contribution in [0.1, 0.15) is 0 Å². The summed E-state index contributed by atoms with van der Waals surface area (Å²) in [4.78, 5) is 15.2. The number of benzene rings is 3. The fourth-order valence-electron chi connectivity index (χ4n) is 3.24. The molecular formula is C22H18F2N2O3. The fourth-order valence-corrected chi connectivity index (χ4v) is 3.24. The van der Waals surface area contributed by atoms with Gasteiger partial charge in [0.15, 0.2) is 0 Å². The fraction of sp³-hybridized carbons (Fsp3) is 0.136. The zero-order chi connectivity index (χ0) is 20.4. The predicted octanol–water partition coefficient (Wildman–Crippen LogP) is 4.36. The molecule has 0 amide bonds. The lowest BCUT2D eigenvalue weighted by Gasteiger charge is -2.10. The summed E-state index contributed by atoms with van der Waals surface area (Å²) in [5.74, 6) is 0.362. The molecule has 1 N–H and O–H groups in total. The molecule has 29 heavy (non-hydrogen) atoms. The average Bonchev–Trinajstić information content (AvgIpc) is 3.04. The molecule has 5 nitrogen and oxygen atoms in total. The van der Waals surface area contributed by atoms with Crippen molar-refractivity contribution in [1.29, 1.82) is 0 Å². The molecule has 0 aliphatic carbocycles. The van der Waals surface area contributed by atoms with Crippen LogP contribution in [0.25, 0.3) is 22.2 Å². The van der Waals surface area contributed by atoms with Crippen LogP contribution in [0.15, 0.2) is 65.5 Å². The Kier molecular flexibility index (Phi) is 5.03. The van der Waals surface area contributed by atoms with E-state index in [2.05, 4.69) is 4.98 Å². The first-order valence-corrected chi connectivity index (χ1v) is 9.00. The van der Waals surface area contributed by atoms with Crippen LogP contribution >= 0.6 is 0 Å². The number of fused-ring (bicyclic) bond motifs is 1. The summed E-state index contributed by atoms with van der Waals surface area (Å²) in [6, 6.07) is 15.4. The van der Waals surface area contributed by atoms with E-state index in [-0.39, 0.29) is 23.9 Å². The van der Waals surface area contributed by atoms with E-state index in [9.17, 15) is 13.6 Å². The Morgan fingerprint density at radius 1 is 0.966 bits per heavy atom. The molecule has 148 valence electrons. The molecule has 0 saturated carbocycles. The maximum absolute atomic E-state index is 13.7. The van der Waals surface area contributed by atoms with Gasteiger partial charge >= 0.3 is 5.69 Å². The Hall–Kier alpha value is -3.61. The van der Waals surface area contributed by atoms with Crippen molar-refractivity contribution in [3.8, 4) is 22.6 Å². The summed E-state index contributed by atoms with van der Waals surface area (Å²) >= 11 is 0. The highest BCUT2D eigenvalue weighted by molar-refractivity contribution is 5.83. The summed E-state index contributed by atoms with van der Waals surface area (Å²) in [7, 11) is 1.52. The van der Waals surface area contributed by atoms with Crippen molar-refractivity contribution in [2.45, 2.75) is 6.54 Å². The maximum Gasteiger partial charge on any atom is 0.326 e. The van der Waals surface area contributed by atoms with Crippen LogP contribution in [0, 0.1) is 11.6 Å². The third-order valence-corrected chi connectivity index (χ3v) is 4.64. The predicted molar refractivity (Wildman–Crippen MR) is 106 cm³/mol. The molecule has 1 heterocycles. The molecule has 0 fully saturated rings. The minimum absolute atomic E-state index is 0.248. The summed E-state index contributed by atoms with van der Waals surface area (Å²) < 4.78 is 39.1. The van der Waals surface area contributed by atoms with E-state index in [0.29, 0.717) is 34.6 Å². The highest BCUT2D eigenvalue weighted by atomic mass is 19.1. The molecular weight excluding hydrogens is 378 g/mol. The van der Waals surface area contributed by atoms with Crippen LogP contribution < -0.4 is 15.2 Å². The number of hydrogen-bond acceptors (Lipinski definition) is 3. The van der Waals surface area contributed by atoms with Gasteiger partial charge in [-0.1, -0.05) is 6.07 Å². The van der Waals surface area contributed by atoms with Gasteiger partial charge in [0.25, 0.3) is 0 Å². The number of methoxy groups -OCH3 is 1. The Labute approximate surface area is 165 Å². The molecule has 0 spiro atoms. The Bertz CT molecular complexity index is 1210. The second kappa shape index (κ2) is 7.79. The number of halogens is 2. The smallest absolute Gasteiger partial charge is 0.326 e. The normalized spacial score (nSPS) is 11.0. The van der Waals surface area contributed by atoms with Gasteiger partial charge in [0, 0.05) is 5.56 Å². The van der Waals surface area contributed by atoms with Crippen molar-refractivity contribution < 1.29 is 18.3 Å². The lowest BCUT2D eigenvalue weighted by molar-refractivity contribution is 0.298. The molecule has 0 aliphatic rings. The minimum atomic E-state index is -0.370. The Balaban J connectivity index is 1.59. The van der Waals surface area contributed by atoms with Gasteiger partial charge in [0.1, 0.15) is 29.7 Å². The largest absolute Gasteiger partial charge is 0.496 e. The van der Waals surface area contributed by atoms with Gasteiger partial charge < -0.3 is 14.5 Å². The van der Waals surface area contributed by atoms with Crippen molar-refractivity contribution in [2.24, 2.45) is 0 Å². The van der Waals surface area contributed by atoms with Crippen LogP contribution in [0.3, 0.4) is 0 Å². The SMILES string of the molecule is COc1ccc(F)cc1-c1ccc2c(c1)[nH]c(=O)n2CCOc1ccc(F)cc1. The topological polar surface area (TPSA) is 56.2 Å².